The summed E-state index contributed by atoms with van der Waals surface area (Å²) in [5.74, 6) is -2.17. The van der Waals surface area contributed by atoms with Crippen LogP contribution in [0.5, 0.6) is 0 Å². The maximum Gasteiger partial charge on any atom is 0.310 e. The Kier molecular flexibility index (Phi) is 5.81. The molecule has 0 radical (unpaired) electrons. The Hall–Kier alpha value is -1.59. The van der Waals surface area contributed by atoms with E-state index in [2.05, 4.69) is 0 Å². The first-order chi connectivity index (χ1) is 8.15. The number of rotatable bonds is 7. The predicted octanol–water partition coefficient (Wildman–Crippen LogP) is 0.457. The van der Waals surface area contributed by atoms with Gasteiger partial charge in [0.2, 0.25) is 11.8 Å². The van der Waals surface area contributed by atoms with Crippen molar-refractivity contribution in [3.8, 4) is 0 Å². The second-order valence-corrected chi connectivity index (χ2v) is 4.93. The van der Waals surface area contributed by atoms with E-state index in [1.807, 2.05) is 0 Å². The van der Waals surface area contributed by atoms with Gasteiger partial charge < -0.3 is 15.7 Å². The molecule has 6 heteroatoms. The van der Waals surface area contributed by atoms with Gasteiger partial charge >= 0.3 is 5.97 Å². The Labute approximate surface area is 107 Å². The van der Waals surface area contributed by atoms with Crippen LogP contribution in [0.15, 0.2) is 0 Å². The van der Waals surface area contributed by atoms with Crippen molar-refractivity contribution >= 4 is 17.8 Å². The summed E-state index contributed by atoms with van der Waals surface area (Å²) >= 11 is 0. The molecule has 0 aliphatic rings. The zero-order valence-electron chi connectivity index (χ0n) is 11.4. The van der Waals surface area contributed by atoms with Crippen molar-refractivity contribution in [3.63, 3.8) is 0 Å². The van der Waals surface area contributed by atoms with Crippen molar-refractivity contribution in [3.05, 3.63) is 0 Å². The fourth-order valence-corrected chi connectivity index (χ4v) is 1.52. The van der Waals surface area contributed by atoms with Crippen molar-refractivity contribution in [1.82, 2.24) is 4.90 Å². The number of amides is 2. The Morgan fingerprint density at radius 1 is 1.33 bits per heavy atom. The number of hydrogen-bond acceptors (Lipinski definition) is 3. The molecule has 18 heavy (non-hydrogen) atoms. The highest BCUT2D eigenvalue weighted by Crippen LogP contribution is 2.32. The third-order valence-corrected chi connectivity index (χ3v) is 3.36. The van der Waals surface area contributed by atoms with Crippen LogP contribution in [0.4, 0.5) is 0 Å². The number of hydrogen-bond donors (Lipinski definition) is 2. The molecule has 0 bridgehead atoms. The molecule has 0 fully saturated rings. The van der Waals surface area contributed by atoms with Gasteiger partial charge in [-0.25, -0.2) is 0 Å². The minimum Gasteiger partial charge on any atom is -0.481 e. The molecule has 0 aliphatic carbocycles. The van der Waals surface area contributed by atoms with Gasteiger partial charge in [-0.15, -0.1) is 0 Å². The molecular weight excluding hydrogens is 236 g/mol. The summed E-state index contributed by atoms with van der Waals surface area (Å²) in [6.07, 6.45) is -0.138. The third-order valence-electron chi connectivity index (χ3n) is 3.36. The number of carboxylic acid groups (broad SMARTS) is 1. The third kappa shape index (κ3) is 4.01. The molecule has 0 heterocycles. The van der Waals surface area contributed by atoms with E-state index in [1.165, 1.54) is 11.8 Å². The van der Waals surface area contributed by atoms with Crippen LogP contribution >= 0.6 is 0 Å². The second-order valence-electron chi connectivity index (χ2n) is 4.93. The van der Waals surface area contributed by atoms with Crippen LogP contribution in [0.3, 0.4) is 0 Å². The van der Waals surface area contributed by atoms with E-state index in [1.54, 1.807) is 20.8 Å². The average Bonchev–Trinajstić information content (AvgIpc) is 2.24. The number of carbonyl (C=O) groups is 3. The van der Waals surface area contributed by atoms with Gasteiger partial charge in [-0.1, -0.05) is 13.8 Å². The van der Waals surface area contributed by atoms with Crippen LogP contribution < -0.4 is 5.73 Å². The maximum atomic E-state index is 12.0. The van der Waals surface area contributed by atoms with Crippen LogP contribution in [0.25, 0.3) is 0 Å². The quantitative estimate of drug-likeness (QED) is 0.692. The first-order valence-corrected chi connectivity index (χ1v) is 5.94. The number of carbonyl (C=O) groups excluding carboxylic acids is 2. The van der Waals surface area contributed by atoms with E-state index in [0.29, 0.717) is 6.54 Å². The fourth-order valence-electron chi connectivity index (χ4n) is 1.52. The summed E-state index contributed by atoms with van der Waals surface area (Å²) in [5.41, 5.74) is 3.90. The molecule has 0 rings (SSSR count). The van der Waals surface area contributed by atoms with Gasteiger partial charge in [-0.05, 0) is 19.8 Å². The zero-order valence-corrected chi connectivity index (χ0v) is 11.4. The summed E-state index contributed by atoms with van der Waals surface area (Å²) in [6, 6.07) is 0. The number of nitrogens with zero attached hydrogens (tertiary/aromatic N) is 1. The maximum absolute atomic E-state index is 12.0. The topological polar surface area (TPSA) is 101 Å². The lowest BCUT2D eigenvalue weighted by Gasteiger charge is -2.30. The Morgan fingerprint density at radius 2 is 1.83 bits per heavy atom. The number of nitrogens with two attached hydrogens (primary N) is 1. The lowest BCUT2D eigenvalue weighted by Crippen LogP contribution is -2.43. The van der Waals surface area contributed by atoms with E-state index in [-0.39, 0.29) is 24.8 Å². The SMILES string of the molecule is CCN(CC(N)=O)C(=O)CC(C)(C(=O)O)C(C)C. The minimum atomic E-state index is -1.14. The molecule has 6 nitrogen and oxygen atoms in total. The molecule has 3 N–H and O–H groups in total. The number of likely N-dealkylation sites (N-methyl/N-ethyl adjacent to an activating group) is 1. The van der Waals surface area contributed by atoms with E-state index in [9.17, 15) is 19.5 Å². The highest BCUT2D eigenvalue weighted by molar-refractivity contribution is 5.87. The van der Waals surface area contributed by atoms with Crippen molar-refractivity contribution < 1.29 is 19.5 Å². The predicted molar refractivity (Wildman–Crippen MR) is 66.6 cm³/mol. The molecule has 1 unspecified atom stereocenters. The number of aliphatic carboxylic acids is 1. The van der Waals surface area contributed by atoms with Crippen LogP contribution in [0.1, 0.15) is 34.1 Å². The van der Waals surface area contributed by atoms with Crippen LogP contribution in [-0.4, -0.2) is 40.9 Å². The zero-order chi connectivity index (χ0) is 14.5. The summed E-state index contributed by atoms with van der Waals surface area (Å²) < 4.78 is 0. The van der Waals surface area contributed by atoms with Gasteiger partial charge in [-0.3, -0.25) is 14.4 Å². The Morgan fingerprint density at radius 3 is 2.11 bits per heavy atom. The normalized spacial score (nSPS) is 14.1. The molecule has 0 saturated heterocycles. The largest absolute Gasteiger partial charge is 0.481 e. The molecule has 0 aromatic rings. The van der Waals surface area contributed by atoms with Gasteiger partial charge in [0.25, 0.3) is 0 Å². The Balaban J connectivity index is 4.89. The van der Waals surface area contributed by atoms with E-state index in [0.717, 1.165) is 0 Å². The molecule has 1 atom stereocenters. The highest BCUT2D eigenvalue weighted by Gasteiger charge is 2.39. The van der Waals surface area contributed by atoms with E-state index < -0.39 is 17.3 Å². The first kappa shape index (κ1) is 16.4. The minimum absolute atomic E-state index is 0.138. The van der Waals surface area contributed by atoms with Crippen LogP contribution in [-0.2, 0) is 14.4 Å². The lowest BCUT2D eigenvalue weighted by molar-refractivity contribution is -0.155. The smallest absolute Gasteiger partial charge is 0.310 e. The van der Waals surface area contributed by atoms with Crippen molar-refractivity contribution in [1.29, 1.82) is 0 Å². The van der Waals surface area contributed by atoms with Gasteiger partial charge in [0.15, 0.2) is 0 Å². The van der Waals surface area contributed by atoms with Crippen molar-refractivity contribution in [2.45, 2.75) is 34.1 Å². The van der Waals surface area contributed by atoms with Gasteiger partial charge in [0.1, 0.15) is 0 Å². The van der Waals surface area contributed by atoms with Gasteiger partial charge in [-0.2, -0.15) is 0 Å². The lowest BCUT2D eigenvalue weighted by atomic mass is 9.76. The summed E-state index contributed by atoms with van der Waals surface area (Å²) in [6.45, 7) is 6.92. The summed E-state index contributed by atoms with van der Waals surface area (Å²) in [7, 11) is 0. The molecule has 0 aromatic heterocycles. The highest BCUT2D eigenvalue weighted by atomic mass is 16.4. The molecule has 0 aliphatic heterocycles. The molecule has 2 amide bonds. The molecule has 0 spiro atoms. The van der Waals surface area contributed by atoms with Crippen LogP contribution in [0, 0.1) is 11.3 Å². The van der Waals surface area contributed by atoms with Gasteiger partial charge in [0.05, 0.1) is 12.0 Å². The Bertz CT molecular complexity index is 341. The number of primary amides is 1. The molecule has 0 saturated carbocycles. The summed E-state index contributed by atoms with van der Waals surface area (Å²) in [4.78, 5) is 35.3. The molecular formula is C12H22N2O4. The van der Waals surface area contributed by atoms with E-state index >= 15 is 0 Å². The van der Waals surface area contributed by atoms with Crippen molar-refractivity contribution in [2.75, 3.05) is 13.1 Å². The average molecular weight is 258 g/mol. The van der Waals surface area contributed by atoms with Crippen molar-refractivity contribution in [2.24, 2.45) is 17.1 Å². The first-order valence-electron chi connectivity index (χ1n) is 5.94. The monoisotopic (exact) mass is 258 g/mol. The van der Waals surface area contributed by atoms with Crippen LogP contribution in [0.2, 0.25) is 0 Å². The number of carboxylic acids is 1. The standard InChI is InChI=1S/C12H22N2O4/c1-5-14(7-9(13)15)10(16)6-12(4,8(2)3)11(17)18/h8H,5-7H2,1-4H3,(H2,13,15)(H,17,18). The summed E-state index contributed by atoms with van der Waals surface area (Å²) in [5, 5.41) is 9.23. The fraction of sp³-hybridized carbons (Fsp3) is 0.750. The molecule has 0 aromatic carbocycles. The van der Waals surface area contributed by atoms with E-state index in [4.69, 9.17) is 5.73 Å². The second kappa shape index (κ2) is 6.37. The molecule has 104 valence electrons. The van der Waals surface area contributed by atoms with Gasteiger partial charge in [0, 0.05) is 13.0 Å².